The number of hydrogen-bond donors (Lipinski definition) is 2. The van der Waals surface area contributed by atoms with E-state index in [1.165, 1.54) is 6.07 Å². The summed E-state index contributed by atoms with van der Waals surface area (Å²) in [4.78, 5) is 15.8. The summed E-state index contributed by atoms with van der Waals surface area (Å²) >= 11 is 0. The van der Waals surface area contributed by atoms with Gasteiger partial charge in [-0.3, -0.25) is 9.78 Å². The quantitative estimate of drug-likeness (QED) is 0.835. The molecule has 1 heterocycles. The third kappa shape index (κ3) is 3.14. The first kappa shape index (κ1) is 16.9. The zero-order valence-electron chi connectivity index (χ0n) is 13.6. The zero-order chi connectivity index (χ0) is 17.5. The molecule has 0 bridgehead atoms. The van der Waals surface area contributed by atoms with Crippen LogP contribution in [0.3, 0.4) is 0 Å². The van der Waals surface area contributed by atoms with Gasteiger partial charge in [-0.25, -0.2) is 13.1 Å². The molecule has 0 spiro atoms. The Balaban J connectivity index is 1.95. The van der Waals surface area contributed by atoms with Crippen molar-refractivity contribution in [3.63, 3.8) is 0 Å². The maximum atomic E-state index is 12.8. The number of aliphatic carboxylic acids is 1. The Bertz CT molecular complexity index is 888. The monoisotopic (exact) mass is 348 g/mol. The van der Waals surface area contributed by atoms with Gasteiger partial charge in [0.1, 0.15) is 0 Å². The van der Waals surface area contributed by atoms with Crippen LogP contribution in [0.25, 0.3) is 10.9 Å². The average Bonchev–Trinajstić information content (AvgIpc) is 3.36. The standard InChI is InChI=1S/C17H20N2O4S/c1-17(2,16(20)21)15(11-5-6-11)19-24(22,23)13-7-8-14-12(10-13)4-3-9-18-14/h3-4,7-11,15,19H,5-6H2,1-2H3,(H,20,21). The number of aromatic nitrogens is 1. The number of fused-ring (bicyclic) bond motifs is 1. The third-order valence-corrected chi connectivity index (χ3v) is 6.03. The molecule has 24 heavy (non-hydrogen) atoms. The van der Waals surface area contributed by atoms with E-state index in [1.807, 2.05) is 0 Å². The molecule has 7 heteroatoms. The van der Waals surface area contributed by atoms with Crippen molar-refractivity contribution < 1.29 is 18.3 Å². The second kappa shape index (κ2) is 5.82. The maximum Gasteiger partial charge on any atom is 0.310 e. The second-order valence-electron chi connectivity index (χ2n) is 6.82. The topological polar surface area (TPSA) is 96.4 Å². The smallest absolute Gasteiger partial charge is 0.310 e. The van der Waals surface area contributed by atoms with Gasteiger partial charge in [0.25, 0.3) is 0 Å². The highest BCUT2D eigenvalue weighted by Gasteiger charge is 2.47. The van der Waals surface area contributed by atoms with Crippen LogP contribution >= 0.6 is 0 Å². The maximum absolute atomic E-state index is 12.8. The number of benzene rings is 1. The normalized spacial score (nSPS) is 16.9. The second-order valence-corrected chi connectivity index (χ2v) is 8.54. The minimum atomic E-state index is -3.81. The van der Waals surface area contributed by atoms with Gasteiger partial charge in [-0.15, -0.1) is 0 Å². The van der Waals surface area contributed by atoms with Crippen LogP contribution in [-0.4, -0.2) is 30.5 Å². The zero-order valence-corrected chi connectivity index (χ0v) is 14.4. The van der Waals surface area contributed by atoms with Crippen molar-refractivity contribution in [2.75, 3.05) is 0 Å². The molecule has 1 unspecified atom stereocenters. The fourth-order valence-corrected chi connectivity index (χ4v) is 4.34. The number of carboxylic acids is 1. The lowest BCUT2D eigenvalue weighted by molar-refractivity contribution is -0.148. The van der Waals surface area contributed by atoms with Gasteiger partial charge in [0.15, 0.2) is 0 Å². The highest BCUT2D eigenvalue weighted by molar-refractivity contribution is 7.89. The van der Waals surface area contributed by atoms with Gasteiger partial charge in [-0.1, -0.05) is 6.07 Å². The Hall–Kier alpha value is -1.99. The summed E-state index contributed by atoms with van der Waals surface area (Å²) < 4.78 is 28.2. The molecule has 0 aliphatic heterocycles. The number of sulfonamides is 1. The molecule has 1 fully saturated rings. The minimum Gasteiger partial charge on any atom is -0.481 e. The molecule has 1 saturated carbocycles. The first-order valence-electron chi connectivity index (χ1n) is 7.82. The van der Waals surface area contributed by atoms with Crippen molar-refractivity contribution in [2.45, 2.75) is 37.6 Å². The van der Waals surface area contributed by atoms with Crippen molar-refractivity contribution in [3.8, 4) is 0 Å². The van der Waals surface area contributed by atoms with E-state index < -0.39 is 27.4 Å². The lowest BCUT2D eigenvalue weighted by Crippen LogP contribution is -2.50. The Kier molecular flexibility index (Phi) is 4.09. The highest BCUT2D eigenvalue weighted by Crippen LogP contribution is 2.41. The van der Waals surface area contributed by atoms with E-state index >= 15 is 0 Å². The van der Waals surface area contributed by atoms with Gasteiger partial charge < -0.3 is 5.11 Å². The number of carbonyl (C=O) groups is 1. The van der Waals surface area contributed by atoms with Gasteiger partial charge in [-0.05, 0) is 56.9 Å². The lowest BCUT2D eigenvalue weighted by atomic mass is 9.82. The number of hydrogen-bond acceptors (Lipinski definition) is 4. The van der Waals surface area contributed by atoms with Gasteiger partial charge in [-0.2, -0.15) is 0 Å². The summed E-state index contributed by atoms with van der Waals surface area (Å²) in [7, 11) is -3.81. The minimum absolute atomic E-state index is 0.0630. The number of nitrogens with one attached hydrogen (secondary N) is 1. The van der Waals surface area contributed by atoms with E-state index in [2.05, 4.69) is 9.71 Å². The summed E-state index contributed by atoms with van der Waals surface area (Å²) in [5, 5.41) is 10.2. The molecule has 2 N–H and O–H groups in total. The first-order chi connectivity index (χ1) is 11.2. The molecule has 1 aliphatic rings. The summed E-state index contributed by atoms with van der Waals surface area (Å²) in [6.07, 6.45) is 3.32. The highest BCUT2D eigenvalue weighted by atomic mass is 32.2. The molecule has 1 aromatic carbocycles. The van der Waals surface area contributed by atoms with Crippen molar-refractivity contribution in [3.05, 3.63) is 36.5 Å². The Morgan fingerprint density at radius 1 is 1.33 bits per heavy atom. The first-order valence-corrected chi connectivity index (χ1v) is 9.30. The fourth-order valence-electron chi connectivity index (χ4n) is 2.85. The van der Waals surface area contributed by atoms with Gasteiger partial charge in [0.05, 0.1) is 15.8 Å². The summed E-state index contributed by atoms with van der Waals surface area (Å²) in [5.41, 5.74) is -0.465. The number of pyridine rings is 1. The third-order valence-electron chi connectivity index (χ3n) is 4.59. The van der Waals surface area contributed by atoms with E-state index in [1.54, 1.807) is 44.3 Å². The predicted octanol–water partition coefficient (Wildman–Crippen LogP) is 2.40. The molecule has 6 nitrogen and oxygen atoms in total. The SMILES string of the molecule is CC(C)(C(=O)O)C(NS(=O)(=O)c1ccc2ncccc2c1)C1CC1. The van der Waals surface area contributed by atoms with Crippen LogP contribution in [0, 0.1) is 11.3 Å². The summed E-state index contributed by atoms with van der Waals surface area (Å²) in [6, 6.07) is 7.61. The fraction of sp³-hybridized carbons (Fsp3) is 0.412. The van der Waals surface area contributed by atoms with E-state index in [-0.39, 0.29) is 10.8 Å². The Labute approximate surface area is 141 Å². The van der Waals surface area contributed by atoms with E-state index in [0.29, 0.717) is 5.52 Å². The number of nitrogens with zero attached hydrogens (tertiary/aromatic N) is 1. The molecule has 1 aliphatic carbocycles. The number of carboxylic acid groups (broad SMARTS) is 1. The Morgan fingerprint density at radius 3 is 2.67 bits per heavy atom. The summed E-state index contributed by atoms with van der Waals surface area (Å²) in [5.74, 6) is -0.946. The number of rotatable bonds is 6. The summed E-state index contributed by atoms with van der Waals surface area (Å²) in [6.45, 7) is 3.12. The van der Waals surface area contributed by atoms with Gasteiger partial charge in [0.2, 0.25) is 10.0 Å². The van der Waals surface area contributed by atoms with E-state index in [0.717, 1.165) is 18.2 Å². The largest absolute Gasteiger partial charge is 0.481 e. The molecule has 0 saturated heterocycles. The molecule has 1 aromatic heterocycles. The van der Waals surface area contributed by atoms with Gasteiger partial charge >= 0.3 is 5.97 Å². The molecular formula is C17H20N2O4S. The van der Waals surface area contributed by atoms with Crippen LogP contribution in [0.5, 0.6) is 0 Å². The molecule has 128 valence electrons. The van der Waals surface area contributed by atoms with Crippen LogP contribution in [0.15, 0.2) is 41.4 Å². The Morgan fingerprint density at radius 2 is 2.04 bits per heavy atom. The van der Waals surface area contributed by atoms with Crippen molar-refractivity contribution in [1.29, 1.82) is 0 Å². The van der Waals surface area contributed by atoms with Crippen LogP contribution < -0.4 is 4.72 Å². The molecule has 2 aromatic rings. The van der Waals surface area contributed by atoms with Crippen LogP contribution in [0.2, 0.25) is 0 Å². The van der Waals surface area contributed by atoms with Crippen LogP contribution in [-0.2, 0) is 14.8 Å². The van der Waals surface area contributed by atoms with Crippen molar-refractivity contribution >= 4 is 26.9 Å². The van der Waals surface area contributed by atoms with Crippen LogP contribution in [0.1, 0.15) is 26.7 Å². The molecule has 1 atom stereocenters. The predicted molar refractivity (Wildman–Crippen MR) is 90.0 cm³/mol. The van der Waals surface area contributed by atoms with Gasteiger partial charge in [0, 0.05) is 17.6 Å². The average molecular weight is 348 g/mol. The van der Waals surface area contributed by atoms with Crippen molar-refractivity contribution in [1.82, 2.24) is 9.71 Å². The van der Waals surface area contributed by atoms with Crippen LogP contribution in [0.4, 0.5) is 0 Å². The van der Waals surface area contributed by atoms with E-state index in [9.17, 15) is 18.3 Å². The lowest BCUT2D eigenvalue weighted by Gasteiger charge is -2.31. The molecule has 0 radical (unpaired) electrons. The molecular weight excluding hydrogens is 328 g/mol. The molecule has 0 amide bonds. The molecule has 3 rings (SSSR count). The van der Waals surface area contributed by atoms with Crippen molar-refractivity contribution in [2.24, 2.45) is 11.3 Å². The van der Waals surface area contributed by atoms with E-state index in [4.69, 9.17) is 0 Å².